The van der Waals surface area contributed by atoms with E-state index in [1.54, 1.807) is 6.92 Å². The molecule has 0 fully saturated rings. The summed E-state index contributed by atoms with van der Waals surface area (Å²) < 4.78 is 0. The van der Waals surface area contributed by atoms with E-state index >= 15 is 0 Å². The normalized spacial score (nSPS) is 12.1. The highest BCUT2D eigenvalue weighted by Crippen LogP contribution is 2.18. The number of rotatable bonds is 4. The lowest BCUT2D eigenvalue weighted by atomic mass is 10.1. The van der Waals surface area contributed by atoms with E-state index in [1.807, 2.05) is 0 Å². The van der Waals surface area contributed by atoms with Gasteiger partial charge in [-0.1, -0.05) is 25.2 Å². The standard InChI is InChI=1S/C9H16N4OS.ClH/c1-5(2)4-7-12-13-9(15-7)11-8(14)6(3)10;/h5-6H,4,10H2,1-3H3,(H,11,13,14);1H/t6-;/m1./s1. The fraction of sp³-hybridized carbons (Fsp3) is 0.667. The Hall–Kier alpha value is -0.720. The summed E-state index contributed by atoms with van der Waals surface area (Å²) in [4.78, 5) is 11.2. The highest BCUT2D eigenvalue weighted by Gasteiger charge is 2.11. The van der Waals surface area contributed by atoms with Crippen LogP contribution in [0.15, 0.2) is 0 Å². The maximum atomic E-state index is 11.2. The van der Waals surface area contributed by atoms with Crippen molar-refractivity contribution >= 4 is 34.8 Å². The van der Waals surface area contributed by atoms with Gasteiger partial charge in [0.05, 0.1) is 6.04 Å². The molecule has 0 aliphatic carbocycles. The molecule has 0 aliphatic heterocycles. The fourth-order valence-corrected chi connectivity index (χ4v) is 1.91. The number of amides is 1. The number of carbonyl (C=O) groups excluding carboxylic acids is 1. The van der Waals surface area contributed by atoms with Gasteiger partial charge in [-0.2, -0.15) is 0 Å². The van der Waals surface area contributed by atoms with Crippen LogP contribution >= 0.6 is 23.7 Å². The van der Waals surface area contributed by atoms with Crippen molar-refractivity contribution in [1.29, 1.82) is 0 Å². The lowest BCUT2D eigenvalue weighted by molar-refractivity contribution is -0.117. The number of hydrogen-bond donors (Lipinski definition) is 2. The van der Waals surface area contributed by atoms with E-state index in [-0.39, 0.29) is 18.3 Å². The molecule has 0 radical (unpaired) electrons. The molecule has 5 nitrogen and oxygen atoms in total. The Labute approximate surface area is 105 Å². The minimum absolute atomic E-state index is 0. The first-order valence-corrected chi connectivity index (χ1v) is 5.69. The molecule has 0 aromatic carbocycles. The molecule has 0 bridgehead atoms. The maximum Gasteiger partial charge on any atom is 0.242 e. The first-order valence-electron chi connectivity index (χ1n) is 4.88. The smallest absolute Gasteiger partial charge is 0.242 e. The van der Waals surface area contributed by atoms with Crippen LogP contribution in [0.1, 0.15) is 25.8 Å². The summed E-state index contributed by atoms with van der Waals surface area (Å²) in [5, 5.41) is 11.9. The minimum Gasteiger partial charge on any atom is -0.320 e. The summed E-state index contributed by atoms with van der Waals surface area (Å²) in [5.74, 6) is 0.303. The van der Waals surface area contributed by atoms with Crippen LogP contribution in [0, 0.1) is 5.92 Å². The van der Waals surface area contributed by atoms with Crippen molar-refractivity contribution in [2.24, 2.45) is 11.7 Å². The Kier molecular flexibility index (Phi) is 6.47. The second-order valence-electron chi connectivity index (χ2n) is 3.88. The van der Waals surface area contributed by atoms with E-state index in [9.17, 15) is 4.79 Å². The zero-order valence-electron chi connectivity index (χ0n) is 9.56. The molecule has 1 aromatic heterocycles. The molecular weight excluding hydrogens is 248 g/mol. The summed E-state index contributed by atoms with van der Waals surface area (Å²) in [7, 11) is 0. The van der Waals surface area contributed by atoms with Gasteiger partial charge in [0, 0.05) is 6.42 Å². The van der Waals surface area contributed by atoms with Gasteiger partial charge in [0.15, 0.2) is 0 Å². The number of nitrogens with zero attached hydrogens (tertiary/aromatic N) is 2. The Morgan fingerprint density at radius 2 is 2.06 bits per heavy atom. The SMILES string of the molecule is CC(C)Cc1nnc(NC(=O)[C@@H](C)N)s1.Cl. The number of nitrogens with one attached hydrogen (secondary N) is 1. The zero-order valence-corrected chi connectivity index (χ0v) is 11.2. The third-order valence-electron chi connectivity index (χ3n) is 1.69. The van der Waals surface area contributed by atoms with Crippen molar-refractivity contribution in [2.45, 2.75) is 33.2 Å². The molecule has 3 N–H and O–H groups in total. The molecule has 92 valence electrons. The van der Waals surface area contributed by atoms with E-state index in [4.69, 9.17) is 5.73 Å². The third kappa shape index (κ3) is 4.87. The molecular formula is C9H17ClN4OS. The average molecular weight is 265 g/mol. The number of hydrogen-bond acceptors (Lipinski definition) is 5. The summed E-state index contributed by atoms with van der Waals surface area (Å²) in [5.41, 5.74) is 5.42. The predicted octanol–water partition coefficient (Wildman–Crippen LogP) is 1.44. The summed E-state index contributed by atoms with van der Waals surface area (Å²) in [6.45, 7) is 5.86. The van der Waals surface area contributed by atoms with Crippen LogP contribution in [0.4, 0.5) is 5.13 Å². The van der Waals surface area contributed by atoms with Gasteiger partial charge in [-0.15, -0.1) is 22.6 Å². The van der Waals surface area contributed by atoms with E-state index < -0.39 is 6.04 Å². The summed E-state index contributed by atoms with van der Waals surface area (Å²) >= 11 is 1.40. The molecule has 16 heavy (non-hydrogen) atoms. The van der Waals surface area contributed by atoms with Crippen LogP contribution < -0.4 is 11.1 Å². The number of aromatic nitrogens is 2. The van der Waals surface area contributed by atoms with Gasteiger partial charge >= 0.3 is 0 Å². The lowest BCUT2D eigenvalue weighted by Gasteiger charge is -2.02. The van der Waals surface area contributed by atoms with Gasteiger partial charge in [0.1, 0.15) is 5.01 Å². The first-order chi connectivity index (χ1) is 6.99. The van der Waals surface area contributed by atoms with Crippen LogP contribution in [0.25, 0.3) is 0 Å². The Morgan fingerprint density at radius 1 is 1.44 bits per heavy atom. The average Bonchev–Trinajstić information content (AvgIpc) is 2.51. The van der Waals surface area contributed by atoms with Crippen molar-refractivity contribution in [1.82, 2.24) is 10.2 Å². The Morgan fingerprint density at radius 3 is 2.56 bits per heavy atom. The molecule has 0 aliphatic rings. The molecule has 0 saturated carbocycles. The Balaban J connectivity index is 0.00000225. The topological polar surface area (TPSA) is 80.9 Å². The number of carbonyl (C=O) groups is 1. The van der Waals surface area contributed by atoms with Crippen LogP contribution in [-0.2, 0) is 11.2 Å². The van der Waals surface area contributed by atoms with Crippen molar-refractivity contribution < 1.29 is 4.79 Å². The highest BCUT2D eigenvalue weighted by molar-refractivity contribution is 7.15. The molecule has 1 aromatic rings. The number of nitrogens with two attached hydrogens (primary N) is 1. The number of halogens is 1. The lowest BCUT2D eigenvalue weighted by Crippen LogP contribution is -2.32. The summed E-state index contributed by atoms with van der Waals surface area (Å²) in [6, 6.07) is -0.526. The minimum atomic E-state index is -0.526. The van der Waals surface area contributed by atoms with Crippen LogP contribution in [0.3, 0.4) is 0 Å². The van der Waals surface area contributed by atoms with E-state index in [0.29, 0.717) is 11.0 Å². The molecule has 1 amide bonds. The quantitative estimate of drug-likeness (QED) is 0.862. The third-order valence-corrected chi connectivity index (χ3v) is 2.55. The van der Waals surface area contributed by atoms with Gasteiger partial charge < -0.3 is 5.73 Å². The predicted molar refractivity (Wildman–Crippen MR) is 68.0 cm³/mol. The molecule has 0 unspecified atom stereocenters. The van der Waals surface area contributed by atoms with Crippen molar-refractivity contribution in [2.75, 3.05) is 5.32 Å². The highest BCUT2D eigenvalue weighted by atomic mass is 35.5. The molecule has 0 saturated heterocycles. The summed E-state index contributed by atoms with van der Waals surface area (Å²) in [6.07, 6.45) is 0.881. The van der Waals surface area contributed by atoms with E-state index in [2.05, 4.69) is 29.4 Å². The van der Waals surface area contributed by atoms with Gasteiger partial charge in [-0.05, 0) is 12.8 Å². The van der Waals surface area contributed by atoms with Crippen LogP contribution in [-0.4, -0.2) is 22.1 Å². The van der Waals surface area contributed by atoms with E-state index in [1.165, 1.54) is 11.3 Å². The number of anilines is 1. The largest absolute Gasteiger partial charge is 0.320 e. The zero-order chi connectivity index (χ0) is 11.4. The second kappa shape index (κ2) is 6.78. The van der Waals surface area contributed by atoms with Gasteiger partial charge in [0.2, 0.25) is 11.0 Å². The van der Waals surface area contributed by atoms with Crippen molar-refractivity contribution in [3.8, 4) is 0 Å². The molecule has 0 spiro atoms. The van der Waals surface area contributed by atoms with Gasteiger partial charge in [-0.3, -0.25) is 10.1 Å². The van der Waals surface area contributed by atoms with Crippen molar-refractivity contribution in [3.05, 3.63) is 5.01 Å². The monoisotopic (exact) mass is 264 g/mol. The Bertz CT molecular complexity index is 340. The molecule has 1 atom stereocenters. The van der Waals surface area contributed by atoms with Gasteiger partial charge in [-0.25, -0.2) is 0 Å². The molecule has 1 heterocycles. The van der Waals surface area contributed by atoms with Crippen molar-refractivity contribution in [3.63, 3.8) is 0 Å². The van der Waals surface area contributed by atoms with Gasteiger partial charge in [0.25, 0.3) is 0 Å². The maximum absolute atomic E-state index is 11.2. The second-order valence-corrected chi connectivity index (χ2v) is 4.94. The van der Waals surface area contributed by atoms with Crippen LogP contribution in [0.2, 0.25) is 0 Å². The molecule has 1 rings (SSSR count). The molecule has 7 heteroatoms. The fourth-order valence-electron chi connectivity index (χ4n) is 0.955. The van der Waals surface area contributed by atoms with Crippen LogP contribution in [0.5, 0.6) is 0 Å². The first kappa shape index (κ1) is 15.3. The van der Waals surface area contributed by atoms with E-state index in [0.717, 1.165) is 11.4 Å².